The van der Waals surface area contributed by atoms with Gasteiger partial charge in [0.2, 0.25) is 0 Å². The molecule has 152 valence electrons. The largest absolute Gasteiger partial charge is 2.00 e. The molecular weight excluding hydrogens is 375 g/mol. The Morgan fingerprint density at radius 2 is 1.04 bits per heavy atom. The minimum atomic E-state index is -4.83. The van der Waals surface area contributed by atoms with E-state index in [1.807, 2.05) is 0 Å². The second kappa shape index (κ2) is 21.1. The van der Waals surface area contributed by atoms with Crippen molar-refractivity contribution in [2.24, 2.45) is 5.92 Å². The second-order valence-corrected chi connectivity index (χ2v) is 8.58. The summed E-state index contributed by atoms with van der Waals surface area (Å²) in [6, 6.07) is 0. The molecule has 4 nitrogen and oxygen atoms in total. The number of hydrogen-bond acceptors (Lipinski definition) is 4. The average molecular weight is 417 g/mol. The van der Waals surface area contributed by atoms with E-state index in [9.17, 15) is 14.4 Å². The molecule has 0 aromatic heterocycles. The monoisotopic (exact) mass is 416 g/mol. The zero-order chi connectivity index (χ0) is 18.8. The van der Waals surface area contributed by atoms with Crippen LogP contribution in [0.3, 0.4) is 0 Å². The predicted molar refractivity (Wildman–Crippen MR) is 108 cm³/mol. The molecule has 1 atom stereocenters. The quantitative estimate of drug-likeness (QED) is 0.162. The minimum Gasteiger partial charge on any atom is -0.790 e. The molecular formula is C20H41CaO4P. The van der Waals surface area contributed by atoms with E-state index in [2.05, 4.69) is 18.4 Å². The molecule has 0 bridgehead atoms. The van der Waals surface area contributed by atoms with Crippen LogP contribution in [0.25, 0.3) is 0 Å². The summed E-state index contributed by atoms with van der Waals surface area (Å²) in [6.07, 6.45) is 19.5. The predicted octanol–water partition coefficient (Wildman–Crippen LogP) is 5.35. The third-order valence-electron chi connectivity index (χ3n) is 4.90. The zero-order valence-electron chi connectivity index (χ0n) is 17.4. The molecule has 0 aromatic rings. The standard InChI is InChI=1S/C20H43O4P.Ca/c1-3-5-7-9-11-12-14-16-18-20(19-24-25(21,22)23)17-15-13-10-8-6-4-2;/h20H,3-19H2,1-2H3,(H2,21,22,23);/q;+2/p-2. The van der Waals surface area contributed by atoms with Crippen LogP contribution in [0, 0.1) is 5.92 Å². The van der Waals surface area contributed by atoms with Gasteiger partial charge in [-0.3, -0.25) is 0 Å². The number of unbranched alkanes of at least 4 members (excludes halogenated alkanes) is 12. The third kappa shape index (κ3) is 23.4. The van der Waals surface area contributed by atoms with Crippen LogP contribution in [-0.2, 0) is 9.09 Å². The topological polar surface area (TPSA) is 72.4 Å². The van der Waals surface area contributed by atoms with Crippen LogP contribution in [0.5, 0.6) is 0 Å². The van der Waals surface area contributed by atoms with Gasteiger partial charge in [0.05, 0.1) is 14.4 Å². The molecule has 0 amide bonds. The van der Waals surface area contributed by atoms with Crippen LogP contribution in [0.4, 0.5) is 0 Å². The van der Waals surface area contributed by atoms with Crippen LogP contribution in [0.2, 0.25) is 0 Å². The summed E-state index contributed by atoms with van der Waals surface area (Å²) >= 11 is 0. The van der Waals surface area contributed by atoms with Crippen LogP contribution in [0.15, 0.2) is 0 Å². The Labute approximate surface area is 192 Å². The third-order valence-corrected chi connectivity index (χ3v) is 5.37. The molecule has 26 heavy (non-hydrogen) atoms. The Kier molecular flexibility index (Phi) is 24.0. The summed E-state index contributed by atoms with van der Waals surface area (Å²) in [7, 11) is -4.83. The van der Waals surface area contributed by atoms with Gasteiger partial charge in [0.15, 0.2) is 0 Å². The van der Waals surface area contributed by atoms with Crippen molar-refractivity contribution < 1.29 is 18.9 Å². The van der Waals surface area contributed by atoms with Crippen molar-refractivity contribution in [3.8, 4) is 0 Å². The first-order valence-corrected chi connectivity index (χ1v) is 12.1. The number of phosphoric ester groups is 1. The van der Waals surface area contributed by atoms with Gasteiger partial charge < -0.3 is 18.9 Å². The Morgan fingerprint density at radius 1 is 0.692 bits per heavy atom. The van der Waals surface area contributed by atoms with E-state index < -0.39 is 7.82 Å². The van der Waals surface area contributed by atoms with Gasteiger partial charge in [-0.05, 0) is 18.8 Å². The molecule has 0 aliphatic rings. The van der Waals surface area contributed by atoms with Crippen molar-refractivity contribution >= 4 is 45.6 Å². The van der Waals surface area contributed by atoms with Crippen molar-refractivity contribution in [2.75, 3.05) is 6.61 Å². The van der Waals surface area contributed by atoms with Crippen molar-refractivity contribution in [2.45, 2.75) is 117 Å². The number of phosphoric acid groups is 1. The second-order valence-electron chi connectivity index (χ2n) is 7.43. The van der Waals surface area contributed by atoms with Gasteiger partial charge in [-0.25, -0.2) is 0 Å². The molecule has 0 radical (unpaired) electrons. The molecule has 0 saturated heterocycles. The van der Waals surface area contributed by atoms with Gasteiger partial charge in [-0.1, -0.05) is 104 Å². The average Bonchev–Trinajstić information content (AvgIpc) is 2.56. The fraction of sp³-hybridized carbons (Fsp3) is 1.00. The van der Waals surface area contributed by atoms with Crippen molar-refractivity contribution in [3.63, 3.8) is 0 Å². The molecule has 1 unspecified atom stereocenters. The molecule has 0 fully saturated rings. The van der Waals surface area contributed by atoms with E-state index in [1.54, 1.807) is 0 Å². The summed E-state index contributed by atoms with van der Waals surface area (Å²) < 4.78 is 15.3. The maximum atomic E-state index is 10.7. The fourth-order valence-electron chi connectivity index (χ4n) is 3.29. The van der Waals surface area contributed by atoms with E-state index in [4.69, 9.17) is 0 Å². The molecule has 0 N–H and O–H groups in total. The smallest absolute Gasteiger partial charge is 0.790 e. The Morgan fingerprint density at radius 3 is 1.38 bits per heavy atom. The van der Waals surface area contributed by atoms with Gasteiger partial charge in [-0.15, -0.1) is 0 Å². The van der Waals surface area contributed by atoms with E-state index in [0.29, 0.717) is 0 Å². The van der Waals surface area contributed by atoms with Gasteiger partial charge in [0.25, 0.3) is 0 Å². The van der Waals surface area contributed by atoms with Gasteiger partial charge in [0.1, 0.15) is 0 Å². The Balaban J connectivity index is 0. The normalized spacial score (nSPS) is 12.8. The first-order valence-electron chi connectivity index (χ1n) is 10.7. The van der Waals surface area contributed by atoms with Gasteiger partial charge in [0, 0.05) is 0 Å². The Hall–Kier alpha value is 1.37. The molecule has 0 aromatic carbocycles. The summed E-state index contributed by atoms with van der Waals surface area (Å²) in [6.45, 7) is 4.52. The van der Waals surface area contributed by atoms with Crippen LogP contribution < -0.4 is 9.79 Å². The number of hydrogen-bond donors (Lipinski definition) is 0. The van der Waals surface area contributed by atoms with Crippen molar-refractivity contribution in [1.82, 2.24) is 0 Å². The molecule has 0 spiro atoms. The molecule has 6 heteroatoms. The summed E-state index contributed by atoms with van der Waals surface area (Å²) in [5, 5.41) is 0. The van der Waals surface area contributed by atoms with E-state index in [0.717, 1.165) is 25.7 Å². The fourth-order valence-corrected chi connectivity index (χ4v) is 3.68. The molecule has 0 heterocycles. The summed E-state index contributed by atoms with van der Waals surface area (Å²) in [5.74, 6) is 0.211. The first-order chi connectivity index (χ1) is 12.0. The minimum absolute atomic E-state index is 0. The van der Waals surface area contributed by atoms with Gasteiger partial charge >= 0.3 is 37.7 Å². The summed E-state index contributed by atoms with van der Waals surface area (Å²) in [5.41, 5.74) is 0. The molecule has 0 aliphatic heterocycles. The number of rotatable bonds is 19. The van der Waals surface area contributed by atoms with Crippen molar-refractivity contribution in [1.29, 1.82) is 0 Å². The molecule has 0 saturated carbocycles. The SMILES string of the molecule is CCCCCCCCCCC(CCCCCCCC)COP(=O)([O-])[O-].[Ca+2]. The Bertz CT molecular complexity index is 323. The van der Waals surface area contributed by atoms with Crippen LogP contribution in [-0.4, -0.2) is 44.3 Å². The molecule has 0 rings (SSSR count). The van der Waals surface area contributed by atoms with E-state index in [1.165, 1.54) is 77.0 Å². The van der Waals surface area contributed by atoms with Crippen molar-refractivity contribution in [3.05, 3.63) is 0 Å². The zero-order valence-corrected chi connectivity index (χ0v) is 20.5. The maximum absolute atomic E-state index is 10.7. The first kappa shape index (κ1) is 29.6. The van der Waals surface area contributed by atoms with Crippen LogP contribution >= 0.6 is 7.82 Å². The van der Waals surface area contributed by atoms with Gasteiger partial charge in [-0.2, -0.15) is 0 Å². The summed E-state index contributed by atoms with van der Waals surface area (Å²) in [4.78, 5) is 21.5. The van der Waals surface area contributed by atoms with E-state index in [-0.39, 0.29) is 50.3 Å². The van der Waals surface area contributed by atoms with Crippen LogP contribution in [0.1, 0.15) is 117 Å². The van der Waals surface area contributed by atoms with E-state index >= 15 is 0 Å². The maximum Gasteiger partial charge on any atom is 2.00 e. The molecule has 0 aliphatic carbocycles.